The number of fused-ring (bicyclic) bond motifs is 1. The van der Waals surface area contributed by atoms with Crippen molar-refractivity contribution in [2.45, 2.75) is 32.0 Å². The number of carboxylic acid groups (broad SMARTS) is 1. The minimum absolute atomic E-state index is 0.0517. The van der Waals surface area contributed by atoms with Crippen molar-refractivity contribution >= 4 is 28.9 Å². The van der Waals surface area contributed by atoms with Crippen LogP contribution in [0.3, 0.4) is 0 Å². The van der Waals surface area contributed by atoms with Gasteiger partial charge < -0.3 is 14.4 Å². The van der Waals surface area contributed by atoms with E-state index in [4.69, 9.17) is 9.84 Å². The molecule has 0 aliphatic carbocycles. The molecule has 0 spiro atoms. The number of ether oxygens (including phenoxy) is 1. The second kappa shape index (κ2) is 6.30. The highest BCUT2D eigenvalue weighted by Crippen LogP contribution is 2.32. The molecule has 2 aromatic heterocycles. The molecular formula is C13H18N4O3S. The molecule has 0 bridgehead atoms. The van der Waals surface area contributed by atoms with E-state index in [0.717, 1.165) is 0 Å². The maximum atomic E-state index is 10.8. The summed E-state index contributed by atoms with van der Waals surface area (Å²) in [7, 11) is 1.52. The van der Waals surface area contributed by atoms with Gasteiger partial charge in [-0.15, -0.1) is 0 Å². The van der Waals surface area contributed by atoms with Gasteiger partial charge >= 0.3 is 5.97 Å². The van der Waals surface area contributed by atoms with Crippen LogP contribution in [-0.2, 0) is 4.79 Å². The molecule has 0 aliphatic heterocycles. The van der Waals surface area contributed by atoms with Crippen LogP contribution in [0.1, 0.15) is 26.8 Å². The maximum absolute atomic E-state index is 10.8. The molecule has 0 aromatic carbocycles. The van der Waals surface area contributed by atoms with Gasteiger partial charge in [-0.25, -0.2) is 9.97 Å². The first kappa shape index (κ1) is 15.6. The number of aromatic nitrogens is 4. The van der Waals surface area contributed by atoms with E-state index in [9.17, 15) is 4.79 Å². The summed E-state index contributed by atoms with van der Waals surface area (Å²) in [5.41, 5.74) is 1.22. The maximum Gasteiger partial charge on any atom is 0.313 e. The Hall–Kier alpha value is -1.83. The van der Waals surface area contributed by atoms with Crippen LogP contribution >= 0.6 is 11.8 Å². The van der Waals surface area contributed by atoms with Crippen LogP contribution in [0.4, 0.5) is 0 Å². The first-order valence-corrected chi connectivity index (χ1v) is 7.55. The molecule has 2 aromatic rings. The zero-order valence-electron chi connectivity index (χ0n) is 12.4. The van der Waals surface area contributed by atoms with E-state index in [1.54, 1.807) is 0 Å². The molecule has 2 heterocycles. The Morgan fingerprint density at radius 2 is 2.14 bits per heavy atom. The fraction of sp³-hybridized carbons (Fsp3) is 0.538. The lowest BCUT2D eigenvalue weighted by molar-refractivity contribution is -0.133. The van der Waals surface area contributed by atoms with Gasteiger partial charge in [0.2, 0.25) is 5.88 Å². The largest absolute Gasteiger partial charge is 0.481 e. The molecule has 21 heavy (non-hydrogen) atoms. The van der Waals surface area contributed by atoms with Crippen molar-refractivity contribution in [2.24, 2.45) is 5.92 Å². The highest BCUT2D eigenvalue weighted by atomic mass is 32.2. The summed E-state index contributed by atoms with van der Waals surface area (Å²) in [6.45, 7) is 6.26. The average Bonchev–Trinajstić information content (AvgIpc) is 2.82. The molecule has 0 saturated heterocycles. The van der Waals surface area contributed by atoms with Gasteiger partial charge in [-0.1, -0.05) is 25.6 Å². The van der Waals surface area contributed by atoms with E-state index in [1.807, 2.05) is 4.57 Å². The molecule has 114 valence electrons. The van der Waals surface area contributed by atoms with Crippen LogP contribution in [0.15, 0.2) is 11.5 Å². The third-order valence-electron chi connectivity index (χ3n) is 3.30. The van der Waals surface area contributed by atoms with Crippen molar-refractivity contribution in [1.29, 1.82) is 0 Å². The Kier molecular flexibility index (Phi) is 4.66. The predicted molar refractivity (Wildman–Crippen MR) is 79.8 cm³/mol. The Morgan fingerprint density at radius 3 is 2.71 bits per heavy atom. The summed E-state index contributed by atoms with van der Waals surface area (Å²) >= 11 is 1.17. The molecule has 0 radical (unpaired) electrons. The number of nitrogens with zero attached hydrogens (tertiary/aromatic N) is 4. The molecule has 1 atom stereocenters. The van der Waals surface area contributed by atoms with Gasteiger partial charge in [0, 0.05) is 6.04 Å². The summed E-state index contributed by atoms with van der Waals surface area (Å²) in [6, 6.07) is 0.130. The van der Waals surface area contributed by atoms with Crippen LogP contribution in [-0.4, -0.2) is 43.5 Å². The Labute approximate surface area is 126 Å². The van der Waals surface area contributed by atoms with Gasteiger partial charge in [0.05, 0.1) is 12.9 Å². The van der Waals surface area contributed by atoms with Crippen LogP contribution < -0.4 is 4.74 Å². The van der Waals surface area contributed by atoms with Gasteiger partial charge in [-0.05, 0) is 12.8 Å². The topological polar surface area (TPSA) is 90.1 Å². The number of hydrogen-bond acceptors (Lipinski definition) is 6. The molecule has 7 nitrogen and oxygen atoms in total. The molecule has 8 heteroatoms. The lowest BCUT2D eigenvalue weighted by Gasteiger charge is -2.19. The van der Waals surface area contributed by atoms with E-state index < -0.39 is 5.97 Å². The second-order valence-electron chi connectivity index (χ2n) is 4.99. The molecule has 1 N–H and O–H groups in total. The van der Waals surface area contributed by atoms with Crippen molar-refractivity contribution < 1.29 is 14.6 Å². The summed E-state index contributed by atoms with van der Waals surface area (Å²) in [5.74, 6) is -0.183. The Morgan fingerprint density at radius 1 is 1.43 bits per heavy atom. The molecule has 0 saturated carbocycles. The van der Waals surface area contributed by atoms with Crippen LogP contribution in [0.25, 0.3) is 11.2 Å². The third kappa shape index (κ3) is 3.10. The molecule has 2 rings (SSSR count). The Balaban J connectivity index is 2.59. The molecular weight excluding hydrogens is 292 g/mol. The van der Waals surface area contributed by atoms with Crippen molar-refractivity contribution in [3.8, 4) is 5.88 Å². The number of carboxylic acids is 1. The molecule has 0 amide bonds. The van der Waals surface area contributed by atoms with E-state index in [2.05, 4.69) is 35.7 Å². The second-order valence-corrected chi connectivity index (χ2v) is 5.93. The van der Waals surface area contributed by atoms with Crippen molar-refractivity contribution in [1.82, 2.24) is 19.5 Å². The predicted octanol–water partition coefficient (Wildman–Crippen LogP) is 2.23. The van der Waals surface area contributed by atoms with E-state index in [0.29, 0.717) is 28.1 Å². The number of thioether (sulfide) groups is 1. The summed E-state index contributed by atoms with van der Waals surface area (Å²) < 4.78 is 7.17. The molecule has 0 aliphatic rings. The number of rotatable bonds is 6. The summed E-state index contributed by atoms with van der Waals surface area (Å²) in [6.07, 6.45) is 1.43. The minimum atomic E-state index is -0.881. The number of carbonyl (C=O) groups is 1. The fourth-order valence-electron chi connectivity index (χ4n) is 1.91. The zero-order chi connectivity index (χ0) is 15.6. The standard InChI is InChI=1S/C13H18N4O3S/c1-7(2)8(3)17-11-10(12(20-4)15-6-14-11)16-13(17)21-5-9(18)19/h6-8H,5H2,1-4H3,(H,18,19). The first-order valence-electron chi connectivity index (χ1n) is 6.57. The normalized spacial score (nSPS) is 12.8. The number of methoxy groups -OCH3 is 1. The SMILES string of the molecule is COc1ncnc2c1nc(SCC(=O)O)n2C(C)C(C)C. The first-order chi connectivity index (χ1) is 9.95. The smallest absolute Gasteiger partial charge is 0.313 e. The molecule has 0 fully saturated rings. The average molecular weight is 310 g/mol. The van der Waals surface area contributed by atoms with Crippen molar-refractivity contribution in [2.75, 3.05) is 12.9 Å². The van der Waals surface area contributed by atoms with Crippen LogP contribution in [0.2, 0.25) is 0 Å². The number of aliphatic carboxylic acids is 1. The van der Waals surface area contributed by atoms with Gasteiger partial charge in [-0.3, -0.25) is 4.79 Å². The zero-order valence-corrected chi connectivity index (χ0v) is 13.2. The number of hydrogen-bond donors (Lipinski definition) is 1. The lowest BCUT2D eigenvalue weighted by Crippen LogP contribution is -2.13. The quantitative estimate of drug-likeness (QED) is 0.818. The highest BCUT2D eigenvalue weighted by molar-refractivity contribution is 7.99. The number of imidazole rings is 1. The van der Waals surface area contributed by atoms with Gasteiger partial charge in [0.25, 0.3) is 0 Å². The van der Waals surface area contributed by atoms with E-state index >= 15 is 0 Å². The summed E-state index contributed by atoms with van der Waals surface area (Å²) in [5, 5.41) is 9.50. The minimum Gasteiger partial charge on any atom is -0.481 e. The van der Waals surface area contributed by atoms with Crippen LogP contribution in [0, 0.1) is 5.92 Å². The fourth-order valence-corrected chi connectivity index (χ4v) is 2.71. The van der Waals surface area contributed by atoms with E-state index in [1.165, 1.54) is 25.2 Å². The summed E-state index contributed by atoms with van der Waals surface area (Å²) in [4.78, 5) is 23.6. The van der Waals surface area contributed by atoms with Crippen molar-refractivity contribution in [3.63, 3.8) is 0 Å². The van der Waals surface area contributed by atoms with Gasteiger partial charge in [0.1, 0.15) is 6.33 Å². The molecule has 1 unspecified atom stereocenters. The van der Waals surface area contributed by atoms with Gasteiger partial charge in [-0.2, -0.15) is 4.98 Å². The third-order valence-corrected chi connectivity index (χ3v) is 4.24. The van der Waals surface area contributed by atoms with Gasteiger partial charge in [0.15, 0.2) is 16.3 Å². The van der Waals surface area contributed by atoms with Crippen LogP contribution in [0.5, 0.6) is 5.88 Å². The highest BCUT2D eigenvalue weighted by Gasteiger charge is 2.22. The van der Waals surface area contributed by atoms with E-state index in [-0.39, 0.29) is 11.8 Å². The monoisotopic (exact) mass is 310 g/mol. The Bertz CT molecular complexity index is 656. The lowest BCUT2D eigenvalue weighted by atomic mass is 10.1. The van der Waals surface area contributed by atoms with Crippen molar-refractivity contribution in [3.05, 3.63) is 6.33 Å².